The van der Waals surface area contributed by atoms with E-state index in [-0.39, 0.29) is 18.6 Å². The molecule has 6 nitrogen and oxygen atoms in total. The lowest BCUT2D eigenvalue weighted by atomic mass is 10.2. The molecule has 2 aliphatic rings. The highest BCUT2D eigenvalue weighted by atomic mass is 16.5. The summed E-state index contributed by atoms with van der Waals surface area (Å²) in [6.07, 6.45) is 3.43. The Morgan fingerprint density at radius 2 is 2.43 bits per heavy atom. The molecule has 1 unspecified atom stereocenters. The van der Waals surface area contributed by atoms with Gasteiger partial charge in [0.1, 0.15) is 18.6 Å². The van der Waals surface area contributed by atoms with Gasteiger partial charge < -0.3 is 19.5 Å². The number of hydrogen-bond donors (Lipinski definition) is 1. The molecular formula is C15H18N2O4. The second-order valence-electron chi connectivity index (χ2n) is 5.06. The summed E-state index contributed by atoms with van der Waals surface area (Å²) < 4.78 is 10.7. The minimum absolute atomic E-state index is 0.0901. The summed E-state index contributed by atoms with van der Waals surface area (Å²) in [5, 5.41) is 9.28. The van der Waals surface area contributed by atoms with Gasteiger partial charge >= 0.3 is 0 Å². The molecule has 1 N–H and O–H groups in total. The van der Waals surface area contributed by atoms with Crippen LogP contribution in [0.4, 0.5) is 0 Å². The van der Waals surface area contributed by atoms with Crippen LogP contribution in [0.1, 0.15) is 35.8 Å². The number of aliphatic hydroxyl groups excluding tert-OH is 1. The third-order valence-electron chi connectivity index (χ3n) is 3.74. The zero-order valence-corrected chi connectivity index (χ0v) is 11.9. The Morgan fingerprint density at radius 1 is 1.57 bits per heavy atom. The lowest BCUT2D eigenvalue weighted by Crippen LogP contribution is -2.39. The molecule has 0 radical (unpaired) electrons. The van der Waals surface area contributed by atoms with E-state index < -0.39 is 0 Å². The van der Waals surface area contributed by atoms with Gasteiger partial charge in [0.25, 0.3) is 5.91 Å². The quantitative estimate of drug-likeness (QED) is 0.908. The second-order valence-corrected chi connectivity index (χ2v) is 5.06. The largest absolute Gasteiger partial charge is 0.497 e. The molecule has 1 atom stereocenters. The molecule has 112 valence electrons. The number of nitrogens with zero attached hydrogens (tertiary/aromatic N) is 2. The fraction of sp³-hybridized carbons (Fsp3) is 0.467. The molecule has 6 heteroatoms. The summed E-state index contributed by atoms with van der Waals surface area (Å²) in [6, 6.07) is 3.40. The molecule has 1 fully saturated rings. The molecule has 2 bridgehead atoms. The summed E-state index contributed by atoms with van der Waals surface area (Å²) in [7, 11) is 0. The van der Waals surface area contributed by atoms with Gasteiger partial charge in [0, 0.05) is 5.56 Å². The van der Waals surface area contributed by atoms with Crippen LogP contribution in [0.3, 0.4) is 0 Å². The SMILES string of the molecule is CCOc1nc(C(=O)N2C3=COCC2CC3)ccc1CO. The number of rotatable bonds is 4. The van der Waals surface area contributed by atoms with Crippen molar-refractivity contribution in [2.24, 2.45) is 0 Å². The lowest BCUT2D eigenvalue weighted by Gasteiger charge is -2.28. The maximum absolute atomic E-state index is 12.7. The number of amides is 1. The van der Waals surface area contributed by atoms with Gasteiger partial charge in [-0.05, 0) is 31.9 Å². The van der Waals surface area contributed by atoms with Crippen molar-refractivity contribution in [3.63, 3.8) is 0 Å². The summed E-state index contributed by atoms with van der Waals surface area (Å²) >= 11 is 0. The van der Waals surface area contributed by atoms with E-state index in [1.54, 1.807) is 23.3 Å². The van der Waals surface area contributed by atoms with Gasteiger partial charge in [-0.25, -0.2) is 4.98 Å². The van der Waals surface area contributed by atoms with Crippen LogP contribution in [0.25, 0.3) is 0 Å². The van der Waals surface area contributed by atoms with E-state index in [1.165, 1.54) is 0 Å². The molecule has 0 spiro atoms. The first-order valence-electron chi connectivity index (χ1n) is 7.12. The van der Waals surface area contributed by atoms with Crippen LogP contribution >= 0.6 is 0 Å². The van der Waals surface area contributed by atoms with Gasteiger partial charge in [-0.2, -0.15) is 0 Å². The normalized spacial score (nSPS) is 20.0. The molecule has 1 saturated heterocycles. The molecular weight excluding hydrogens is 272 g/mol. The molecule has 2 aliphatic heterocycles. The van der Waals surface area contributed by atoms with Gasteiger partial charge in [0.2, 0.25) is 5.88 Å². The van der Waals surface area contributed by atoms with Crippen molar-refractivity contribution in [2.45, 2.75) is 32.4 Å². The summed E-state index contributed by atoms with van der Waals surface area (Å²) in [6.45, 7) is 2.64. The van der Waals surface area contributed by atoms with Gasteiger partial charge in [-0.1, -0.05) is 0 Å². The minimum atomic E-state index is -0.165. The van der Waals surface area contributed by atoms with E-state index in [0.29, 0.717) is 30.4 Å². The van der Waals surface area contributed by atoms with Gasteiger partial charge in [0.15, 0.2) is 0 Å². The number of pyridine rings is 1. The monoisotopic (exact) mass is 290 g/mol. The summed E-state index contributed by atoms with van der Waals surface area (Å²) in [4.78, 5) is 18.7. The van der Waals surface area contributed by atoms with Crippen LogP contribution in [-0.2, 0) is 11.3 Å². The Kier molecular flexibility index (Phi) is 3.79. The highest BCUT2D eigenvalue weighted by Gasteiger charge is 2.37. The number of carbonyl (C=O) groups excluding carboxylic acids is 1. The van der Waals surface area contributed by atoms with Crippen molar-refractivity contribution < 1.29 is 19.4 Å². The van der Waals surface area contributed by atoms with Crippen LogP contribution in [0.15, 0.2) is 24.1 Å². The molecule has 3 rings (SSSR count). The fourth-order valence-corrected chi connectivity index (χ4v) is 2.72. The maximum Gasteiger partial charge on any atom is 0.277 e. The molecule has 3 heterocycles. The van der Waals surface area contributed by atoms with Gasteiger partial charge in [-0.3, -0.25) is 4.79 Å². The Balaban J connectivity index is 1.90. The molecule has 0 aliphatic carbocycles. The Labute approximate surface area is 123 Å². The first kappa shape index (κ1) is 13.9. The molecule has 1 aromatic heterocycles. The molecule has 1 amide bonds. The second kappa shape index (κ2) is 5.73. The van der Waals surface area contributed by atoms with Gasteiger partial charge in [0.05, 0.1) is 25.0 Å². The number of allylic oxidation sites excluding steroid dienone is 1. The number of aromatic nitrogens is 1. The van der Waals surface area contributed by atoms with Crippen LogP contribution in [0, 0.1) is 0 Å². The predicted molar refractivity (Wildman–Crippen MR) is 74.6 cm³/mol. The zero-order valence-electron chi connectivity index (χ0n) is 11.9. The van der Waals surface area contributed by atoms with Gasteiger partial charge in [-0.15, -0.1) is 0 Å². The van der Waals surface area contributed by atoms with E-state index in [1.807, 2.05) is 6.92 Å². The summed E-state index contributed by atoms with van der Waals surface area (Å²) in [5.41, 5.74) is 1.81. The highest BCUT2D eigenvalue weighted by Crippen LogP contribution is 2.32. The van der Waals surface area contributed by atoms with E-state index >= 15 is 0 Å². The Hall–Kier alpha value is -2.08. The van der Waals surface area contributed by atoms with E-state index in [9.17, 15) is 9.90 Å². The third-order valence-corrected chi connectivity index (χ3v) is 3.74. The molecule has 0 aromatic carbocycles. The topological polar surface area (TPSA) is 71.9 Å². The van der Waals surface area contributed by atoms with Crippen molar-refractivity contribution in [3.8, 4) is 5.88 Å². The van der Waals surface area contributed by atoms with Crippen LogP contribution < -0.4 is 4.74 Å². The summed E-state index contributed by atoms with van der Waals surface area (Å²) in [5.74, 6) is 0.179. The zero-order chi connectivity index (χ0) is 14.8. The van der Waals surface area contributed by atoms with Crippen molar-refractivity contribution in [3.05, 3.63) is 35.3 Å². The maximum atomic E-state index is 12.7. The molecule has 21 heavy (non-hydrogen) atoms. The van der Waals surface area contributed by atoms with Crippen molar-refractivity contribution in [2.75, 3.05) is 13.2 Å². The van der Waals surface area contributed by atoms with E-state index in [4.69, 9.17) is 9.47 Å². The minimum Gasteiger partial charge on any atom is -0.497 e. The highest BCUT2D eigenvalue weighted by molar-refractivity contribution is 5.94. The fourth-order valence-electron chi connectivity index (χ4n) is 2.72. The number of fused-ring (bicyclic) bond motifs is 2. The average molecular weight is 290 g/mol. The molecule has 1 aromatic rings. The first-order valence-corrected chi connectivity index (χ1v) is 7.12. The first-order chi connectivity index (χ1) is 10.2. The average Bonchev–Trinajstić information content (AvgIpc) is 2.75. The van der Waals surface area contributed by atoms with Crippen molar-refractivity contribution in [1.29, 1.82) is 0 Å². The van der Waals surface area contributed by atoms with Crippen LogP contribution in [0.2, 0.25) is 0 Å². The smallest absolute Gasteiger partial charge is 0.277 e. The van der Waals surface area contributed by atoms with E-state index in [2.05, 4.69) is 4.98 Å². The number of ether oxygens (including phenoxy) is 2. The van der Waals surface area contributed by atoms with Crippen molar-refractivity contribution in [1.82, 2.24) is 9.88 Å². The predicted octanol–water partition coefficient (Wildman–Crippen LogP) is 1.45. The standard InChI is InChI=1S/C15H18N2O4/c1-2-21-14-10(7-18)3-6-13(16-14)15(19)17-11-4-5-12(17)9-20-8-11/h3,6,8,12,18H,2,4-5,7,9H2,1H3. The Bertz CT molecular complexity index is 583. The third kappa shape index (κ3) is 2.47. The number of carbonyl (C=O) groups is 1. The van der Waals surface area contributed by atoms with Crippen LogP contribution in [0.5, 0.6) is 5.88 Å². The van der Waals surface area contributed by atoms with Crippen molar-refractivity contribution >= 4 is 5.91 Å². The number of hydrogen-bond acceptors (Lipinski definition) is 5. The van der Waals surface area contributed by atoms with E-state index in [0.717, 1.165) is 18.5 Å². The Morgan fingerprint density at radius 3 is 3.14 bits per heavy atom. The molecule has 0 saturated carbocycles. The number of aliphatic hydroxyl groups is 1. The van der Waals surface area contributed by atoms with Crippen LogP contribution in [-0.4, -0.2) is 40.2 Å². The lowest BCUT2D eigenvalue weighted by molar-refractivity contribution is 0.0635.